The van der Waals surface area contributed by atoms with Crippen molar-refractivity contribution in [3.05, 3.63) is 11.6 Å². The molecular weight excluding hydrogens is 148 g/mol. The third kappa shape index (κ3) is 7.37. The summed E-state index contributed by atoms with van der Waals surface area (Å²) in [4.78, 5) is 0. The molecule has 0 radical (unpaired) electrons. The van der Waals surface area contributed by atoms with Crippen LogP contribution in [0.3, 0.4) is 0 Å². The van der Waals surface area contributed by atoms with Gasteiger partial charge in [-0.2, -0.15) is 0 Å². The third-order valence-electron chi connectivity index (χ3n) is 1.40. The molecule has 0 aliphatic heterocycles. The van der Waals surface area contributed by atoms with E-state index < -0.39 is 6.10 Å². The van der Waals surface area contributed by atoms with Gasteiger partial charge in [0.05, 0.1) is 0 Å². The van der Waals surface area contributed by atoms with E-state index >= 15 is 0 Å². The lowest BCUT2D eigenvalue weighted by Gasteiger charge is -1.94. The minimum atomic E-state index is -0.577. The van der Waals surface area contributed by atoms with Gasteiger partial charge in [-0.1, -0.05) is 24.8 Å². The molecule has 68 valence electrons. The Balaban J connectivity index is 3.72. The van der Waals surface area contributed by atoms with Crippen molar-refractivity contribution in [2.75, 3.05) is 0 Å². The summed E-state index contributed by atoms with van der Waals surface area (Å²) < 4.78 is 0. The van der Waals surface area contributed by atoms with Crippen LogP contribution in [0.25, 0.3) is 0 Å². The second-order valence-corrected chi connectivity index (χ2v) is 3.11. The van der Waals surface area contributed by atoms with Gasteiger partial charge in [-0.05, 0) is 26.3 Å². The number of aliphatic hydroxyl groups is 1. The highest BCUT2D eigenvalue weighted by Gasteiger charge is 1.90. The Morgan fingerprint density at radius 2 is 2.17 bits per heavy atom. The van der Waals surface area contributed by atoms with Gasteiger partial charge in [0.15, 0.2) is 0 Å². The van der Waals surface area contributed by atoms with Crippen LogP contribution in [0.1, 0.15) is 40.0 Å². The van der Waals surface area contributed by atoms with Gasteiger partial charge < -0.3 is 5.11 Å². The molecule has 0 unspecified atom stereocenters. The molecule has 1 nitrogen and oxygen atoms in total. The zero-order valence-corrected chi connectivity index (χ0v) is 8.22. The molecule has 12 heavy (non-hydrogen) atoms. The first-order valence-corrected chi connectivity index (χ1v) is 4.48. The van der Waals surface area contributed by atoms with Crippen molar-refractivity contribution in [2.45, 2.75) is 46.1 Å². The second kappa shape index (κ2) is 6.94. The molecule has 0 rings (SSSR count). The molecule has 1 atom stereocenters. The van der Waals surface area contributed by atoms with Gasteiger partial charge in [0.2, 0.25) is 0 Å². The molecule has 0 aliphatic rings. The van der Waals surface area contributed by atoms with Gasteiger partial charge >= 0.3 is 0 Å². The quantitative estimate of drug-likeness (QED) is 0.388. The molecule has 0 spiro atoms. The van der Waals surface area contributed by atoms with Crippen LogP contribution < -0.4 is 0 Å². The maximum Gasteiger partial charge on any atom is 0.133 e. The van der Waals surface area contributed by atoms with Crippen LogP contribution in [0.2, 0.25) is 0 Å². The Morgan fingerprint density at radius 1 is 1.50 bits per heavy atom. The average Bonchev–Trinajstić information content (AvgIpc) is 1.97. The van der Waals surface area contributed by atoms with E-state index in [0.717, 1.165) is 24.8 Å². The zero-order chi connectivity index (χ0) is 9.40. The minimum absolute atomic E-state index is 0.577. The minimum Gasteiger partial charge on any atom is -0.377 e. The molecule has 1 N–H and O–H groups in total. The van der Waals surface area contributed by atoms with E-state index in [1.54, 1.807) is 6.08 Å². The number of hydrogen-bond acceptors (Lipinski definition) is 1. The van der Waals surface area contributed by atoms with Crippen molar-refractivity contribution in [3.63, 3.8) is 0 Å². The highest BCUT2D eigenvalue weighted by atomic mass is 16.3. The molecule has 0 bridgehead atoms. The van der Waals surface area contributed by atoms with Crippen LogP contribution >= 0.6 is 0 Å². The number of hydrogen-bond donors (Lipinski definition) is 1. The van der Waals surface area contributed by atoms with Crippen molar-refractivity contribution >= 4 is 0 Å². The first kappa shape index (κ1) is 11.3. The fourth-order valence-corrected chi connectivity index (χ4v) is 0.799. The standard InChI is InChI=1S/C11H18O/c1-4-5-6-7-8-11(12)9-10(2)3/h9,11-12H,4-6H2,1-3H3/t11-/m0/s1. The summed E-state index contributed by atoms with van der Waals surface area (Å²) in [6.45, 7) is 6.04. The van der Waals surface area contributed by atoms with Crippen LogP contribution in [0.5, 0.6) is 0 Å². The molecule has 0 aromatic heterocycles. The van der Waals surface area contributed by atoms with Gasteiger partial charge in [-0.3, -0.25) is 0 Å². The lowest BCUT2D eigenvalue weighted by molar-refractivity contribution is 0.279. The van der Waals surface area contributed by atoms with E-state index in [9.17, 15) is 5.11 Å². The molecule has 0 aliphatic carbocycles. The zero-order valence-electron chi connectivity index (χ0n) is 8.22. The lowest BCUT2D eigenvalue weighted by atomic mass is 10.2. The molecule has 0 fully saturated rings. The fourth-order valence-electron chi connectivity index (χ4n) is 0.799. The van der Waals surface area contributed by atoms with E-state index in [-0.39, 0.29) is 0 Å². The van der Waals surface area contributed by atoms with Gasteiger partial charge in [0, 0.05) is 6.42 Å². The summed E-state index contributed by atoms with van der Waals surface area (Å²) in [5, 5.41) is 9.27. The van der Waals surface area contributed by atoms with E-state index in [2.05, 4.69) is 18.8 Å². The van der Waals surface area contributed by atoms with Gasteiger partial charge in [-0.25, -0.2) is 0 Å². The van der Waals surface area contributed by atoms with Crippen molar-refractivity contribution in [1.82, 2.24) is 0 Å². The molecule has 0 saturated heterocycles. The predicted octanol–water partition coefficient (Wildman–Crippen LogP) is 2.51. The average molecular weight is 166 g/mol. The lowest BCUT2D eigenvalue weighted by Crippen LogP contribution is -1.97. The van der Waals surface area contributed by atoms with Crippen LogP contribution in [-0.4, -0.2) is 11.2 Å². The van der Waals surface area contributed by atoms with Gasteiger partial charge in [0.25, 0.3) is 0 Å². The molecule has 0 heterocycles. The van der Waals surface area contributed by atoms with Crippen molar-refractivity contribution in [1.29, 1.82) is 0 Å². The summed E-state index contributed by atoms with van der Waals surface area (Å²) >= 11 is 0. The molecule has 0 aromatic rings. The third-order valence-corrected chi connectivity index (χ3v) is 1.40. The fraction of sp³-hybridized carbons (Fsp3) is 0.636. The maximum absolute atomic E-state index is 9.27. The SMILES string of the molecule is CCCCC#C[C@H](O)C=C(C)C. The number of aliphatic hydroxyl groups excluding tert-OH is 1. The first-order chi connectivity index (χ1) is 5.66. The van der Waals surface area contributed by atoms with Crippen molar-refractivity contribution in [3.8, 4) is 11.8 Å². The Kier molecular flexibility index (Phi) is 6.51. The number of rotatable bonds is 3. The Labute approximate surface area is 75.5 Å². The molecular formula is C11H18O. The van der Waals surface area contributed by atoms with Crippen molar-refractivity contribution in [2.24, 2.45) is 0 Å². The van der Waals surface area contributed by atoms with Crippen LogP contribution in [-0.2, 0) is 0 Å². The first-order valence-electron chi connectivity index (χ1n) is 4.48. The summed E-state index contributed by atoms with van der Waals surface area (Å²) in [5.74, 6) is 5.72. The Hall–Kier alpha value is -0.740. The van der Waals surface area contributed by atoms with Gasteiger partial charge in [-0.15, -0.1) is 5.92 Å². The highest BCUT2D eigenvalue weighted by Crippen LogP contribution is 1.94. The molecule has 0 saturated carbocycles. The topological polar surface area (TPSA) is 20.2 Å². The summed E-state index contributed by atoms with van der Waals surface area (Å²) in [5.41, 5.74) is 1.10. The van der Waals surface area contributed by atoms with Crippen LogP contribution in [0.4, 0.5) is 0 Å². The molecule has 1 heteroatoms. The molecule has 0 amide bonds. The number of allylic oxidation sites excluding steroid dienone is 1. The Morgan fingerprint density at radius 3 is 2.67 bits per heavy atom. The predicted molar refractivity (Wildman–Crippen MR) is 52.7 cm³/mol. The van der Waals surface area contributed by atoms with E-state index in [0.29, 0.717) is 0 Å². The monoisotopic (exact) mass is 166 g/mol. The van der Waals surface area contributed by atoms with E-state index in [1.807, 2.05) is 13.8 Å². The second-order valence-electron chi connectivity index (χ2n) is 3.11. The van der Waals surface area contributed by atoms with Crippen molar-refractivity contribution < 1.29 is 5.11 Å². The summed E-state index contributed by atoms with van der Waals surface area (Å²) in [6, 6.07) is 0. The molecule has 0 aromatic carbocycles. The normalized spacial score (nSPS) is 11.3. The maximum atomic E-state index is 9.27. The summed E-state index contributed by atoms with van der Waals surface area (Å²) in [7, 11) is 0. The highest BCUT2D eigenvalue weighted by molar-refractivity contribution is 5.14. The van der Waals surface area contributed by atoms with Gasteiger partial charge in [0.1, 0.15) is 6.10 Å². The number of unbranched alkanes of at least 4 members (excludes halogenated alkanes) is 2. The Bertz CT molecular complexity index is 189. The van der Waals surface area contributed by atoms with Crippen LogP contribution in [0.15, 0.2) is 11.6 Å². The van der Waals surface area contributed by atoms with Crippen LogP contribution in [0, 0.1) is 11.8 Å². The smallest absolute Gasteiger partial charge is 0.133 e. The van der Waals surface area contributed by atoms with E-state index in [1.165, 1.54) is 0 Å². The summed E-state index contributed by atoms with van der Waals surface area (Å²) in [6.07, 6.45) is 4.36. The van der Waals surface area contributed by atoms with E-state index in [4.69, 9.17) is 0 Å². The largest absolute Gasteiger partial charge is 0.377 e.